The molecule has 0 spiro atoms. The van der Waals surface area contributed by atoms with Gasteiger partial charge in [-0.2, -0.15) is 0 Å². The summed E-state index contributed by atoms with van der Waals surface area (Å²) in [6.07, 6.45) is 5.24. The number of nitrogens with one attached hydrogen (secondary N) is 1. The van der Waals surface area contributed by atoms with Crippen LogP contribution < -0.4 is 5.32 Å². The van der Waals surface area contributed by atoms with E-state index in [1.807, 2.05) is 37.3 Å². The van der Waals surface area contributed by atoms with Gasteiger partial charge < -0.3 is 19.9 Å². The molecule has 0 saturated carbocycles. The average Bonchev–Trinajstić information content (AvgIpc) is 2.80. The number of ether oxygens (including phenoxy) is 2. The fourth-order valence-electron chi connectivity index (χ4n) is 4.04. The van der Waals surface area contributed by atoms with Crippen LogP contribution in [0.1, 0.15) is 54.6 Å². The maximum Gasteiger partial charge on any atom is 0.329 e. The largest absolute Gasteiger partial charge is 0.480 e. The molecule has 2 aromatic rings. The van der Waals surface area contributed by atoms with Crippen LogP contribution in [0.4, 0.5) is 0 Å². The van der Waals surface area contributed by atoms with Crippen LogP contribution in [-0.4, -0.2) is 42.3 Å². The third kappa shape index (κ3) is 5.99. The molecule has 3 rings (SSSR count). The van der Waals surface area contributed by atoms with Gasteiger partial charge in [0.15, 0.2) is 0 Å². The molecule has 1 aliphatic rings. The van der Waals surface area contributed by atoms with Crippen molar-refractivity contribution in [3.8, 4) is 0 Å². The molecule has 8 heteroatoms. The van der Waals surface area contributed by atoms with Gasteiger partial charge in [-0.3, -0.25) is 4.79 Å². The Balaban J connectivity index is 1.71. The number of hydrogen-bond donors (Lipinski definition) is 2. The molecular weight excluding hydrogens is 477 g/mol. The zero-order valence-electron chi connectivity index (χ0n) is 19.3. The molecule has 1 amide bonds. The lowest BCUT2D eigenvalue weighted by atomic mass is 9.85. The SMILES string of the molecule is CCOC1(c2ccc(/C=C/CC(C)(NC(=O)c3c(Cl)cccc3Cl)C(=O)O)cc2)CCOCC1. The number of carbonyl (C=O) groups excluding carboxylic acids is 1. The van der Waals surface area contributed by atoms with Crippen LogP contribution in [0.25, 0.3) is 6.08 Å². The molecule has 1 fully saturated rings. The highest BCUT2D eigenvalue weighted by Crippen LogP contribution is 2.36. The molecule has 6 nitrogen and oxygen atoms in total. The van der Waals surface area contributed by atoms with E-state index < -0.39 is 17.4 Å². The third-order valence-corrected chi connectivity index (χ3v) is 6.68. The zero-order valence-corrected chi connectivity index (χ0v) is 20.8. The van der Waals surface area contributed by atoms with Gasteiger partial charge in [-0.05, 0) is 43.5 Å². The van der Waals surface area contributed by atoms with Crippen LogP contribution in [0.5, 0.6) is 0 Å². The summed E-state index contributed by atoms with van der Waals surface area (Å²) in [6.45, 7) is 5.40. The second kappa shape index (κ2) is 11.4. The monoisotopic (exact) mass is 505 g/mol. The van der Waals surface area contributed by atoms with E-state index in [1.165, 1.54) is 19.1 Å². The minimum Gasteiger partial charge on any atom is -0.480 e. The predicted molar refractivity (Wildman–Crippen MR) is 133 cm³/mol. The van der Waals surface area contributed by atoms with Crippen molar-refractivity contribution in [3.05, 3.63) is 75.3 Å². The molecule has 0 bridgehead atoms. The molecule has 0 aliphatic carbocycles. The Hall–Kier alpha value is -2.38. The Morgan fingerprint density at radius 2 is 1.76 bits per heavy atom. The van der Waals surface area contributed by atoms with E-state index in [2.05, 4.69) is 5.32 Å². The number of rotatable bonds is 9. The highest BCUT2D eigenvalue weighted by molar-refractivity contribution is 6.39. The number of carbonyl (C=O) groups is 2. The molecule has 2 N–H and O–H groups in total. The van der Waals surface area contributed by atoms with Crippen LogP contribution in [0, 0.1) is 0 Å². The van der Waals surface area contributed by atoms with Crippen molar-refractivity contribution >= 4 is 41.2 Å². The van der Waals surface area contributed by atoms with Crippen molar-refractivity contribution in [2.45, 2.75) is 44.2 Å². The van der Waals surface area contributed by atoms with Crippen molar-refractivity contribution in [1.29, 1.82) is 0 Å². The van der Waals surface area contributed by atoms with E-state index in [0.29, 0.717) is 19.8 Å². The second-order valence-corrected chi connectivity index (χ2v) is 9.27. The topological polar surface area (TPSA) is 84.9 Å². The lowest BCUT2D eigenvalue weighted by Gasteiger charge is -2.37. The maximum absolute atomic E-state index is 12.7. The molecule has 1 heterocycles. The van der Waals surface area contributed by atoms with Crippen molar-refractivity contribution in [2.24, 2.45) is 0 Å². The smallest absolute Gasteiger partial charge is 0.329 e. The van der Waals surface area contributed by atoms with E-state index in [9.17, 15) is 14.7 Å². The van der Waals surface area contributed by atoms with Gasteiger partial charge in [-0.25, -0.2) is 4.79 Å². The molecule has 1 aliphatic heterocycles. The summed E-state index contributed by atoms with van der Waals surface area (Å²) in [4.78, 5) is 24.7. The van der Waals surface area contributed by atoms with E-state index in [1.54, 1.807) is 12.1 Å². The molecule has 0 aromatic heterocycles. The van der Waals surface area contributed by atoms with Crippen LogP contribution in [-0.2, 0) is 19.9 Å². The number of aliphatic carboxylic acids is 1. The first-order valence-electron chi connectivity index (χ1n) is 11.2. The standard InChI is InChI=1S/C26H29Cl2NO5/c1-3-34-26(14-16-33-17-15-26)19-11-9-18(10-12-19)6-5-13-25(2,24(31)32)29-23(30)22-20(27)7-4-8-21(22)28/h4-12H,3,13-17H2,1-2H3,(H,29,30)(H,31,32)/b6-5+. The summed E-state index contributed by atoms with van der Waals surface area (Å²) < 4.78 is 11.6. The summed E-state index contributed by atoms with van der Waals surface area (Å²) in [5.74, 6) is -1.81. The quantitative estimate of drug-likeness (QED) is 0.455. The van der Waals surface area contributed by atoms with Crippen LogP contribution >= 0.6 is 23.2 Å². The van der Waals surface area contributed by atoms with Gasteiger partial charge in [0.05, 0.1) is 21.2 Å². The number of carboxylic acid groups (broad SMARTS) is 1. The highest BCUT2D eigenvalue weighted by atomic mass is 35.5. The van der Waals surface area contributed by atoms with E-state index >= 15 is 0 Å². The Morgan fingerprint density at radius 1 is 1.15 bits per heavy atom. The Morgan fingerprint density at radius 3 is 2.32 bits per heavy atom. The predicted octanol–water partition coefficient (Wildman–Crippen LogP) is 5.71. The third-order valence-electron chi connectivity index (χ3n) is 6.05. The minimum atomic E-state index is -1.54. The first kappa shape index (κ1) is 26.2. The number of benzene rings is 2. The number of halogens is 2. The molecular formula is C26H29Cl2NO5. The molecule has 1 unspecified atom stereocenters. The van der Waals surface area contributed by atoms with Crippen molar-refractivity contribution in [2.75, 3.05) is 19.8 Å². The van der Waals surface area contributed by atoms with E-state index in [-0.39, 0.29) is 27.6 Å². The Labute approximate surface area is 209 Å². The van der Waals surface area contributed by atoms with Crippen molar-refractivity contribution < 1.29 is 24.2 Å². The van der Waals surface area contributed by atoms with Crippen LogP contribution in [0.3, 0.4) is 0 Å². The molecule has 182 valence electrons. The number of hydrogen-bond acceptors (Lipinski definition) is 4. The van der Waals surface area contributed by atoms with Crippen molar-refractivity contribution in [1.82, 2.24) is 5.32 Å². The number of amides is 1. The zero-order chi connectivity index (χ0) is 24.8. The van der Waals surface area contributed by atoms with E-state index in [4.69, 9.17) is 32.7 Å². The maximum atomic E-state index is 12.7. The normalized spacial score (nSPS) is 17.3. The lowest BCUT2D eigenvalue weighted by Crippen LogP contribution is -2.52. The molecule has 1 atom stereocenters. The lowest BCUT2D eigenvalue weighted by molar-refractivity contribution is -0.143. The summed E-state index contributed by atoms with van der Waals surface area (Å²) in [5, 5.41) is 12.7. The Kier molecular flexibility index (Phi) is 8.77. The average molecular weight is 506 g/mol. The summed E-state index contributed by atoms with van der Waals surface area (Å²) in [5.41, 5.74) is 0.192. The second-order valence-electron chi connectivity index (χ2n) is 8.46. The highest BCUT2D eigenvalue weighted by Gasteiger charge is 2.36. The summed E-state index contributed by atoms with van der Waals surface area (Å²) in [7, 11) is 0. The molecule has 2 aromatic carbocycles. The van der Waals surface area contributed by atoms with Crippen LogP contribution in [0.2, 0.25) is 10.0 Å². The minimum absolute atomic E-state index is 0.0502. The first-order chi connectivity index (χ1) is 16.2. The summed E-state index contributed by atoms with van der Waals surface area (Å²) in [6, 6.07) is 12.7. The fraction of sp³-hybridized carbons (Fsp3) is 0.385. The van der Waals surface area contributed by atoms with Gasteiger partial charge in [-0.15, -0.1) is 0 Å². The number of carboxylic acids is 1. The van der Waals surface area contributed by atoms with Gasteiger partial charge in [-0.1, -0.05) is 65.7 Å². The van der Waals surface area contributed by atoms with Gasteiger partial charge in [0.1, 0.15) is 5.54 Å². The molecule has 34 heavy (non-hydrogen) atoms. The van der Waals surface area contributed by atoms with Gasteiger partial charge in [0.25, 0.3) is 5.91 Å². The van der Waals surface area contributed by atoms with E-state index in [0.717, 1.165) is 24.0 Å². The van der Waals surface area contributed by atoms with Gasteiger partial charge in [0.2, 0.25) is 0 Å². The summed E-state index contributed by atoms with van der Waals surface area (Å²) >= 11 is 12.2. The first-order valence-corrected chi connectivity index (χ1v) is 11.9. The van der Waals surface area contributed by atoms with Gasteiger partial charge >= 0.3 is 5.97 Å². The fourth-order valence-corrected chi connectivity index (χ4v) is 4.61. The van der Waals surface area contributed by atoms with Gasteiger partial charge in [0, 0.05) is 32.7 Å². The van der Waals surface area contributed by atoms with Crippen molar-refractivity contribution in [3.63, 3.8) is 0 Å². The molecule has 0 radical (unpaired) electrons. The Bertz CT molecular complexity index is 1020. The molecule has 1 saturated heterocycles. The van der Waals surface area contributed by atoms with Crippen LogP contribution in [0.15, 0.2) is 48.5 Å².